The van der Waals surface area contributed by atoms with Gasteiger partial charge in [0, 0.05) is 19.0 Å². The number of methoxy groups -OCH3 is 1. The first kappa shape index (κ1) is 32.2. The fourth-order valence-electron chi connectivity index (χ4n) is 4.72. The number of para-hydroxylation sites is 1. The molecule has 4 aromatic rings. The predicted octanol–water partition coefficient (Wildman–Crippen LogP) is 5.19. The van der Waals surface area contributed by atoms with Crippen LogP contribution in [0.25, 0.3) is 0 Å². The van der Waals surface area contributed by atoms with Gasteiger partial charge in [-0.05, 0) is 73.5 Å². The number of carbonyl (C=O) groups is 2. The Morgan fingerprint density at radius 2 is 1.41 bits per heavy atom. The molecule has 4 aromatic carbocycles. The van der Waals surface area contributed by atoms with Crippen molar-refractivity contribution in [3.05, 3.63) is 126 Å². The number of rotatable bonds is 13. The molecular weight excluding hydrogens is 581 g/mol. The molecule has 0 spiro atoms. The lowest BCUT2D eigenvalue weighted by Crippen LogP contribution is -2.54. The van der Waals surface area contributed by atoms with E-state index in [0.29, 0.717) is 11.3 Å². The fourth-order valence-corrected chi connectivity index (χ4v) is 6.13. The predicted molar refractivity (Wildman–Crippen MR) is 168 cm³/mol. The van der Waals surface area contributed by atoms with Gasteiger partial charge in [-0.2, -0.15) is 0 Å². The monoisotopic (exact) mass is 617 g/mol. The van der Waals surface area contributed by atoms with Crippen molar-refractivity contribution in [2.24, 2.45) is 0 Å². The number of carbonyl (C=O) groups excluding carboxylic acids is 2. The summed E-state index contributed by atoms with van der Waals surface area (Å²) in [5.74, 6) is -0.943. The van der Waals surface area contributed by atoms with Gasteiger partial charge >= 0.3 is 0 Å². The van der Waals surface area contributed by atoms with E-state index in [-0.39, 0.29) is 35.5 Å². The minimum absolute atomic E-state index is 0.0292. The van der Waals surface area contributed by atoms with E-state index in [1.54, 1.807) is 42.5 Å². The molecule has 0 aromatic heterocycles. The van der Waals surface area contributed by atoms with Gasteiger partial charge in [0.05, 0.1) is 17.7 Å². The van der Waals surface area contributed by atoms with E-state index < -0.39 is 34.3 Å². The van der Waals surface area contributed by atoms with Gasteiger partial charge in [-0.3, -0.25) is 13.9 Å². The topological polar surface area (TPSA) is 96.0 Å². The SMILES string of the molecule is COc1ccc(S(=O)(=O)N(CC(=O)N(Cc2ccc(F)cc2)[C@H](Cc2ccccc2)C(=O)NC(C)C)c2ccccc2)cc1. The molecule has 1 N–H and O–H groups in total. The van der Waals surface area contributed by atoms with Crippen molar-refractivity contribution in [3.63, 3.8) is 0 Å². The average molecular weight is 618 g/mol. The molecule has 0 saturated heterocycles. The Balaban J connectivity index is 1.78. The Morgan fingerprint density at radius 3 is 1.98 bits per heavy atom. The van der Waals surface area contributed by atoms with Gasteiger partial charge in [-0.25, -0.2) is 12.8 Å². The zero-order chi connectivity index (χ0) is 31.7. The third-order valence-corrected chi connectivity index (χ3v) is 8.73. The van der Waals surface area contributed by atoms with Gasteiger partial charge in [0.1, 0.15) is 24.2 Å². The number of benzene rings is 4. The molecule has 0 aliphatic rings. The third-order valence-electron chi connectivity index (χ3n) is 6.94. The molecule has 0 bridgehead atoms. The van der Waals surface area contributed by atoms with Gasteiger partial charge < -0.3 is 15.0 Å². The van der Waals surface area contributed by atoms with Crippen LogP contribution in [0.3, 0.4) is 0 Å². The molecule has 0 radical (unpaired) electrons. The standard InChI is InChI=1S/C34H36FN3O5S/c1-25(2)36-34(40)32(22-26-10-6-4-7-11-26)37(23-27-14-16-28(35)17-15-27)33(39)24-38(29-12-8-5-9-13-29)44(41,42)31-20-18-30(43-3)19-21-31/h4-21,25,32H,22-24H2,1-3H3,(H,36,40)/t32-/m1/s1. The van der Waals surface area contributed by atoms with Crippen molar-refractivity contribution < 1.29 is 27.1 Å². The van der Waals surface area contributed by atoms with Crippen LogP contribution >= 0.6 is 0 Å². The Labute approximate surface area is 258 Å². The van der Waals surface area contributed by atoms with Crippen LogP contribution in [0.5, 0.6) is 5.75 Å². The molecule has 0 saturated carbocycles. The van der Waals surface area contributed by atoms with Gasteiger partial charge in [-0.1, -0.05) is 60.7 Å². The molecule has 4 rings (SSSR count). The molecule has 44 heavy (non-hydrogen) atoms. The molecule has 8 nitrogen and oxygen atoms in total. The van der Waals surface area contributed by atoms with Crippen molar-refractivity contribution in [1.82, 2.24) is 10.2 Å². The van der Waals surface area contributed by atoms with Crippen molar-refractivity contribution in [3.8, 4) is 5.75 Å². The van der Waals surface area contributed by atoms with Crippen molar-refractivity contribution in [1.29, 1.82) is 0 Å². The number of nitrogens with one attached hydrogen (secondary N) is 1. The first-order chi connectivity index (χ1) is 21.1. The van der Waals surface area contributed by atoms with Crippen molar-refractivity contribution >= 4 is 27.5 Å². The summed E-state index contributed by atoms with van der Waals surface area (Å²) in [7, 11) is -2.75. The molecule has 230 valence electrons. The lowest BCUT2D eigenvalue weighted by Gasteiger charge is -2.34. The van der Waals surface area contributed by atoms with E-state index in [1.807, 2.05) is 44.2 Å². The number of hydrogen-bond acceptors (Lipinski definition) is 5. The van der Waals surface area contributed by atoms with E-state index in [1.165, 1.54) is 48.4 Å². The molecule has 10 heteroatoms. The van der Waals surface area contributed by atoms with Crippen LogP contribution in [0.4, 0.5) is 10.1 Å². The highest BCUT2D eigenvalue weighted by Crippen LogP contribution is 2.26. The maximum atomic E-state index is 14.3. The highest BCUT2D eigenvalue weighted by Gasteiger charge is 2.34. The second-order valence-corrected chi connectivity index (χ2v) is 12.4. The van der Waals surface area contributed by atoms with Crippen molar-refractivity contribution in [2.45, 2.75) is 43.8 Å². The highest BCUT2D eigenvalue weighted by atomic mass is 32.2. The quantitative estimate of drug-likeness (QED) is 0.223. The van der Waals surface area contributed by atoms with Gasteiger partial charge in [0.2, 0.25) is 11.8 Å². The molecule has 0 heterocycles. The zero-order valence-electron chi connectivity index (χ0n) is 24.9. The maximum Gasteiger partial charge on any atom is 0.264 e. The molecule has 0 aliphatic carbocycles. The van der Waals surface area contributed by atoms with Gasteiger partial charge in [-0.15, -0.1) is 0 Å². The van der Waals surface area contributed by atoms with E-state index in [9.17, 15) is 22.4 Å². The summed E-state index contributed by atoms with van der Waals surface area (Å²) in [4.78, 5) is 29.4. The maximum absolute atomic E-state index is 14.3. The first-order valence-corrected chi connectivity index (χ1v) is 15.6. The van der Waals surface area contributed by atoms with E-state index in [2.05, 4.69) is 5.32 Å². The fraction of sp³-hybridized carbons (Fsp3) is 0.235. The zero-order valence-corrected chi connectivity index (χ0v) is 25.7. The van der Waals surface area contributed by atoms with Crippen LogP contribution in [0.15, 0.2) is 114 Å². The lowest BCUT2D eigenvalue weighted by atomic mass is 10.0. The molecule has 1 atom stereocenters. The Kier molecular flexibility index (Phi) is 10.7. The van der Waals surface area contributed by atoms with Crippen LogP contribution in [0, 0.1) is 5.82 Å². The molecule has 2 amide bonds. The summed E-state index contributed by atoms with van der Waals surface area (Å²) in [5, 5.41) is 2.91. The Hall–Kier alpha value is -4.70. The van der Waals surface area contributed by atoms with Crippen LogP contribution in [-0.2, 0) is 32.6 Å². The summed E-state index contributed by atoms with van der Waals surface area (Å²) >= 11 is 0. The summed E-state index contributed by atoms with van der Waals surface area (Å²) in [5.41, 5.74) is 1.68. The van der Waals surface area contributed by atoms with E-state index in [0.717, 1.165) is 9.87 Å². The van der Waals surface area contributed by atoms with E-state index >= 15 is 0 Å². The van der Waals surface area contributed by atoms with Crippen LogP contribution < -0.4 is 14.4 Å². The third kappa shape index (κ3) is 8.23. The Bertz CT molecular complexity index is 1630. The van der Waals surface area contributed by atoms with Crippen LogP contribution in [-0.4, -0.2) is 50.9 Å². The molecule has 0 aliphatic heterocycles. The Morgan fingerprint density at radius 1 is 0.818 bits per heavy atom. The smallest absolute Gasteiger partial charge is 0.264 e. The highest BCUT2D eigenvalue weighted by molar-refractivity contribution is 7.92. The normalized spacial score (nSPS) is 11.9. The number of nitrogens with zero attached hydrogens (tertiary/aromatic N) is 2. The molecule has 0 fully saturated rings. The van der Waals surface area contributed by atoms with E-state index in [4.69, 9.17) is 4.74 Å². The van der Waals surface area contributed by atoms with Crippen LogP contribution in [0.1, 0.15) is 25.0 Å². The number of amides is 2. The van der Waals surface area contributed by atoms with Gasteiger partial charge in [0.15, 0.2) is 0 Å². The average Bonchev–Trinajstić information content (AvgIpc) is 3.02. The summed E-state index contributed by atoms with van der Waals surface area (Å²) in [6, 6.07) is 27.9. The molecule has 0 unspecified atom stereocenters. The largest absolute Gasteiger partial charge is 0.497 e. The second-order valence-electron chi connectivity index (χ2n) is 10.5. The number of ether oxygens (including phenoxy) is 1. The lowest BCUT2D eigenvalue weighted by molar-refractivity contribution is -0.140. The number of sulfonamides is 1. The summed E-state index contributed by atoms with van der Waals surface area (Å²) in [6.45, 7) is 3.01. The first-order valence-electron chi connectivity index (χ1n) is 14.2. The number of hydrogen-bond donors (Lipinski definition) is 1. The van der Waals surface area contributed by atoms with Gasteiger partial charge in [0.25, 0.3) is 10.0 Å². The van der Waals surface area contributed by atoms with Crippen molar-refractivity contribution in [2.75, 3.05) is 18.0 Å². The number of anilines is 1. The number of halogens is 1. The van der Waals surface area contributed by atoms with Crippen LogP contribution in [0.2, 0.25) is 0 Å². The second kappa shape index (κ2) is 14.7. The summed E-state index contributed by atoms with van der Waals surface area (Å²) in [6.07, 6.45) is 0.183. The molecular formula is C34H36FN3O5S. The summed E-state index contributed by atoms with van der Waals surface area (Å²) < 4.78 is 48.0. The minimum Gasteiger partial charge on any atom is -0.497 e. The minimum atomic E-state index is -4.23.